The van der Waals surface area contributed by atoms with Gasteiger partial charge in [0, 0.05) is 31.8 Å². The van der Waals surface area contributed by atoms with Gasteiger partial charge in [-0.25, -0.2) is 0 Å². The van der Waals surface area contributed by atoms with Gasteiger partial charge in [-0.15, -0.1) is 0 Å². The van der Waals surface area contributed by atoms with Crippen molar-refractivity contribution in [2.75, 3.05) is 20.3 Å². The Hall–Kier alpha value is -2.24. The summed E-state index contributed by atoms with van der Waals surface area (Å²) in [7, 11) is 1.65. The van der Waals surface area contributed by atoms with E-state index >= 15 is 0 Å². The highest BCUT2D eigenvalue weighted by Crippen LogP contribution is 2.35. The van der Waals surface area contributed by atoms with Crippen molar-refractivity contribution in [1.82, 2.24) is 4.90 Å². The molecule has 1 aliphatic heterocycles. The third kappa shape index (κ3) is 4.11. The van der Waals surface area contributed by atoms with E-state index in [9.17, 15) is 10.2 Å². The van der Waals surface area contributed by atoms with E-state index in [1.54, 1.807) is 13.2 Å². The number of phenols is 2. The van der Waals surface area contributed by atoms with Crippen LogP contribution in [0.25, 0.3) is 0 Å². The van der Waals surface area contributed by atoms with Crippen LogP contribution in [-0.4, -0.2) is 35.4 Å². The maximum absolute atomic E-state index is 10.2. The maximum Gasteiger partial charge on any atom is 0.124 e. The number of aromatic hydroxyl groups is 2. The molecule has 0 unspecified atom stereocenters. The van der Waals surface area contributed by atoms with Gasteiger partial charge in [-0.3, -0.25) is 4.90 Å². The van der Waals surface area contributed by atoms with Gasteiger partial charge in [0.05, 0.1) is 6.61 Å². The average molecular weight is 355 g/mol. The molecule has 26 heavy (non-hydrogen) atoms. The van der Waals surface area contributed by atoms with Crippen LogP contribution >= 0.6 is 0 Å². The molecule has 5 nitrogen and oxygen atoms in total. The summed E-state index contributed by atoms with van der Waals surface area (Å²) in [6, 6.07) is 9.27. The van der Waals surface area contributed by atoms with E-state index in [0.29, 0.717) is 25.3 Å². The van der Waals surface area contributed by atoms with Gasteiger partial charge in [0.15, 0.2) is 0 Å². The van der Waals surface area contributed by atoms with Crippen molar-refractivity contribution in [3.05, 3.63) is 59.1 Å². The fraction of sp³-hybridized carbons (Fsp3) is 0.381. The second-order valence-corrected chi connectivity index (χ2v) is 6.82. The first kappa shape index (κ1) is 18.5. The summed E-state index contributed by atoms with van der Waals surface area (Å²) in [5.41, 5.74) is 3.81. The zero-order valence-electron chi connectivity index (χ0n) is 15.5. The highest BCUT2D eigenvalue weighted by molar-refractivity contribution is 5.49. The molecule has 0 aliphatic carbocycles. The molecule has 1 aliphatic rings. The minimum Gasteiger partial charge on any atom is -0.508 e. The summed E-state index contributed by atoms with van der Waals surface area (Å²) in [6.45, 7) is 9.79. The first-order valence-corrected chi connectivity index (χ1v) is 8.79. The van der Waals surface area contributed by atoms with Crippen LogP contribution < -0.4 is 4.74 Å². The van der Waals surface area contributed by atoms with Gasteiger partial charge >= 0.3 is 0 Å². The van der Waals surface area contributed by atoms with Gasteiger partial charge in [0.2, 0.25) is 0 Å². The molecule has 0 aromatic heterocycles. The summed E-state index contributed by atoms with van der Waals surface area (Å²) >= 11 is 0. The van der Waals surface area contributed by atoms with E-state index in [2.05, 4.69) is 12.6 Å². The fourth-order valence-electron chi connectivity index (χ4n) is 3.10. The van der Waals surface area contributed by atoms with Crippen molar-refractivity contribution in [3.8, 4) is 17.2 Å². The number of hydrogen-bond acceptors (Lipinski definition) is 5. The highest BCUT2D eigenvalue weighted by Gasteiger charge is 2.22. The zero-order valence-corrected chi connectivity index (χ0v) is 15.5. The summed E-state index contributed by atoms with van der Waals surface area (Å²) in [5, 5.41) is 20.1. The molecular weight excluding hydrogens is 330 g/mol. The lowest BCUT2D eigenvalue weighted by Crippen LogP contribution is -2.13. The molecule has 138 valence electrons. The summed E-state index contributed by atoms with van der Waals surface area (Å²) in [4.78, 5) is 2.03. The second-order valence-electron chi connectivity index (χ2n) is 6.82. The van der Waals surface area contributed by atoms with E-state index in [-0.39, 0.29) is 17.4 Å². The van der Waals surface area contributed by atoms with E-state index in [1.807, 2.05) is 30.9 Å². The Morgan fingerprint density at radius 2 is 1.81 bits per heavy atom. The molecule has 0 amide bonds. The SMILES string of the molecule is COCCOc1ccc2c(c1)CN([C]c1cc(C(C)C)c(O)cc1O)C2. The minimum atomic E-state index is 0.0337. The van der Waals surface area contributed by atoms with Crippen LogP contribution in [0.4, 0.5) is 0 Å². The standard InChI is InChI=1S/C21H25NO4/c1-14(2)19-9-17(20(23)10-21(19)24)13-22-11-15-4-5-18(8-16(15)12-22)26-7-6-25-3/h4-5,8-10,14,23-24H,6-7,11-12H2,1-3H3. The Labute approximate surface area is 154 Å². The van der Waals surface area contributed by atoms with Crippen molar-refractivity contribution in [2.24, 2.45) is 0 Å². The van der Waals surface area contributed by atoms with Crippen LogP contribution in [-0.2, 0) is 17.8 Å². The lowest BCUT2D eigenvalue weighted by Gasteiger charge is -2.17. The number of benzene rings is 2. The van der Waals surface area contributed by atoms with Crippen molar-refractivity contribution in [3.63, 3.8) is 0 Å². The Morgan fingerprint density at radius 1 is 1.04 bits per heavy atom. The van der Waals surface area contributed by atoms with Crippen molar-refractivity contribution >= 4 is 0 Å². The average Bonchev–Trinajstić information content (AvgIpc) is 2.99. The summed E-state index contributed by atoms with van der Waals surface area (Å²) < 4.78 is 10.7. The van der Waals surface area contributed by atoms with Gasteiger partial charge in [-0.1, -0.05) is 19.9 Å². The summed E-state index contributed by atoms with van der Waals surface area (Å²) in [6.07, 6.45) is 0. The number of ether oxygens (including phenoxy) is 2. The third-order valence-electron chi connectivity index (χ3n) is 4.50. The molecule has 0 fully saturated rings. The predicted molar refractivity (Wildman–Crippen MR) is 99.3 cm³/mol. The number of phenolic OH excluding ortho intramolecular Hbond substituents is 2. The molecular formula is C21H25NO4. The highest BCUT2D eigenvalue weighted by atomic mass is 16.5. The second kappa shape index (κ2) is 7.98. The molecule has 2 aromatic rings. The Kier molecular flexibility index (Phi) is 5.69. The quantitative estimate of drug-likeness (QED) is 0.743. The first-order valence-electron chi connectivity index (χ1n) is 8.79. The van der Waals surface area contributed by atoms with Gasteiger partial charge in [-0.2, -0.15) is 0 Å². The van der Waals surface area contributed by atoms with Gasteiger partial charge < -0.3 is 19.7 Å². The minimum absolute atomic E-state index is 0.0337. The molecule has 2 radical (unpaired) electrons. The van der Waals surface area contributed by atoms with Crippen LogP contribution in [0.1, 0.15) is 42.0 Å². The zero-order chi connectivity index (χ0) is 18.7. The first-order chi connectivity index (χ1) is 12.5. The Balaban J connectivity index is 1.70. The van der Waals surface area contributed by atoms with E-state index < -0.39 is 0 Å². The number of methoxy groups -OCH3 is 1. The van der Waals surface area contributed by atoms with Crippen LogP contribution in [0.2, 0.25) is 0 Å². The smallest absolute Gasteiger partial charge is 0.124 e. The third-order valence-corrected chi connectivity index (χ3v) is 4.50. The number of nitrogens with zero attached hydrogens (tertiary/aromatic N) is 1. The summed E-state index contributed by atoms with van der Waals surface area (Å²) in [5.74, 6) is 1.15. The molecule has 3 rings (SSSR count). The number of rotatable bonds is 7. The van der Waals surface area contributed by atoms with E-state index in [1.165, 1.54) is 17.2 Å². The van der Waals surface area contributed by atoms with Crippen LogP contribution in [0.15, 0.2) is 30.3 Å². The van der Waals surface area contributed by atoms with Crippen LogP contribution in [0, 0.1) is 6.54 Å². The molecule has 0 bridgehead atoms. The number of fused-ring (bicyclic) bond motifs is 1. The van der Waals surface area contributed by atoms with Gasteiger partial charge in [-0.05, 0) is 40.8 Å². The molecule has 0 atom stereocenters. The largest absolute Gasteiger partial charge is 0.508 e. The molecule has 2 aromatic carbocycles. The lowest BCUT2D eigenvalue weighted by molar-refractivity contribution is 0.146. The van der Waals surface area contributed by atoms with Crippen LogP contribution in [0.5, 0.6) is 17.2 Å². The lowest BCUT2D eigenvalue weighted by atomic mass is 9.98. The van der Waals surface area contributed by atoms with Crippen molar-refractivity contribution < 1.29 is 19.7 Å². The Bertz CT molecular complexity index is 773. The molecule has 2 N–H and O–H groups in total. The van der Waals surface area contributed by atoms with E-state index in [4.69, 9.17) is 9.47 Å². The monoisotopic (exact) mass is 355 g/mol. The fourth-order valence-corrected chi connectivity index (χ4v) is 3.10. The van der Waals surface area contributed by atoms with Gasteiger partial charge in [0.1, 0.15) is 30.4 Å². The van der Waals surface area contributed by atoms with Crippen molar-refractivity contribution in [1.29, 1.82) is 0 Å². The maximum atomic E-state index is 10.2. The molecule has 0 saturated carbocycles. The number of hydrogen-bond donors (Lipinski definition) is 2. The van der Waals surface area contributed by atoms with Crippen molar-refractivity contribution in [2.45, 2.75) is 32.9 Å². The normalized spacial score (nSPS) is 14.0. The topological polar surface area (TPSA) is 62.2 Å². The molecule has 0 spiro atoms. The molecule has 1 heterocycles. The van der Waals surface area contributed by atoms with E-state index in [0.717, 1.165) is 17.9 Å². The Morgan fingerprint density at radius 3 is 2.54 bits per heavy atom. The molecule has 0 saturated heterocycles. The van der Waals surface area contributed by atoms with Crippen LogP contribution in [0.3, 0.4) is 0 Å². The predicted octanol–water partition coefficient (Wildman–Crippen LogP) is 3.65. The molecule has 5 heteroatoms. The van der Waals surface area contributed by atoms with Gasteiger partial charge in [0.25, 0.3) is 0 Å².